The molecule has 1 fully saturated rings. The van der Waals surface area contributed by atoms with Gasteiger partial charge >= 0.3 is 5.97 Å². The highest BCUT2D eigenvalue weighted by atomic mass is 32.2. The zero-order valence-electron chi connectivity index (χ0n) is 11.6. The fraction of sp³-hybridized carbons (Fsp3) is 0.909. The van der Waals surface area contributed by atoms with E-state index in [1.54, 1.807) is 20.8 Å². The quantitative estimate of drug-likeness (QED) is 0.709. The molecule has 0 amide bonds. The lowest BCUT2D eigenvalue weighted by atomic mass is 10.2. The average Bonchev–Trinajstić information content (AvgIpc) is 2.62. The molecule has 1 aliphatic rings. The van der Waals surface area contributed by atoms with Crippen molar-refractivity contribution in [1.82, 2.24) is 8.61 Å². The summed E-state index contributed by atoms with van der Waals surface area (Å²) in [4.78, 5) is 12.0. The van der Waals surface area contributed by atoms with Gasteiger partial charge < -0.3 is 4.74 Å². The lowest BCUT2D eigenvalue weighted by Crippen LogP contribution is -2.47. The minimum absolute atomic E-state index is 0.365. The highest BCUT2D eigenvalue weighted by Crippen LogP contribution is 2.24. The Hall–Kier alpha value is -0.660. The standard InChI is InChI=1S/C11H22N2O4S/c1-11(2,3)17-10(14)9-7-6-8-13(9)18(15,16)12(4)5/h9H,6-8H2,1-5H3/t9-/m0/s1. The van der Waals surface area contributed by atoms with Gasteiger partial charge in [0.15, 0.2) is 0 Å². The molecule has 1 atom stereocenters. The van der Waals surface area contributed by atoms with Gasteiger partial charge in [-0.15, -0.1) is 0 Å². The molecule has 0 aromatic rings. The summed E-state index contributed by atoms with van der Waals surface area (Å²) in [5.41, 5.74) is -0.604. The number of rotatable bonds is 3. The topological polar surface area (TPSA) is 66.9 Å². The van der Waals surface area contributed by atoms with Crippen molar-refractivity contribution in [2.45, 2.75) is 45.3 Å². The molecule has 0 saturated carbocycles. The number of esters is 1. The first-order valence-corrected chi connectivity index (χ1v) is 7.37. The maximum absolute atomic E-state index is 12.1. The molecule has 1 saturated heterocycles. The molecule has 1 heterocycles. The minimum Gasteiger partial charge on any atom is -0.459 e. The van der Waals surface area contributed by atoms with Gasteiger partial charge in [-0.3, -0.25) is 4.79 Å². The van der Waals surface area contributed by atoms with Gasteiger partial charge in [-0.2, -0.15) is 17.0 Å². The molecule has 7 heteroatoms. The fourth-order valence-corrected chi connectivity index (χ4v) is 3.12. The molecular formula is C11H22N2O4S. The molecule has 1 rings (SSSR count). The van der Waals surface area contributed by atoms with Gasteiger partial charge in [-0.05, 0) is 33.6 Å². The summed E-state index contributed by atoms with van der Waals surface area (Å²) in [6.07, 6.45) is 1.19. The molecule has 0 aromatic heterocycles. The molecule has 0 aliphatic carbocycles. The van der Waals surface area contributed by atoms with Gasteiger partial charge in [0.25, 0.3) is 10.2 Å². The lowest BCUT2D eigenvalue weighted by Gasteiger charge is -2.28. The summed E-state index contributed by atoms with van der Waals surface area (Å²) in [6, 6.07) is -0.698. The van der Waals surface area contributed by atoms with E-state index in [1.807, 2.05) is 0 Å². The van der Waals surface area contributed by atoms with Gasteiger partial charge in [0.05, 0.1) is 0 Å². The van der Waals surface area contributed by atoms with Crippen LogP contribution in [0.5, 0.6) is 0 Å². The first-order chi connectivity index (χ1) is 8.05. The number of nitrogens with zero attached hydrogens (tertiary/aromatic N) is 2. The number of hydrogen-bond donors (Lipinski definition) is 0. The van der Waals surface area contributed by atoms with E-state index >= 15 is 0 Å². The van der Waals surface area contributed by atoms with E-state index < -0.39 is 27.8 Å². The zero-order chi connectivity index (χ0) is 14.1. The Balaban J connectivity index is 2.87. The number of carbonyl (C=O) groups is 1. The van der Waals surface area contributed by atoms with Crippen molar-refractivity contribution in [3.8, 4) is 0 Å². The zero-order valence-corrected chi connectivity index (χ0v) is 12.5. The van der Waals surface area contributed by atoms with Crippen LogP contribution in [0.3, 0.4) is 0 Å². The molecule has 18 heavy (non-hydrogen) atoms. The Morgan fingerprint density at radius 2 is 1.89 bits per heavy atom. The normalized spacial score (nSPS) is 22.4. The molecular weight excluding hydrogens is 256 g/mol. The van der Waals surface area contributed by atoms with Gasteiger partial charge in [-0.1, -0.05) is 0 Å². The summed E-state index contributed by atoms with van der Waals surface area (Å²) >= 11 is 0. The van der Waals surface area contributed by atoms with Crippen molar-refractivity contribution in [2.24, 2.45) is 0 Å². The predicted molar refractivity (Wildman–Crippen MR) is 68.2 cm³/mol. The Bertz CT molecular complexity index is 411. The maximum Gasteiger partial charge on any atom is 0.325 e. The number of carbonyl (C=O) groups excluding carboxylic acids is 1. The van der Waals surface area contributed by atoms with Gasteiger partial charge in [0.1, 0.15) is 11.6 Å². The van der Waals surface area contributed by atoms with Crippen LogP contribution >= 0.6 is 0 Å². The van der Waals surface area contributed by atoms with Crippen molar-refractivity contribution in [1.29, 1.82) is 0 Å². The number of ether oxygens (including phenoxy) is 1. The van der Waals surface area contributed by atoms with Gasteiger partial charge in [0, 0.05) is 20.6 Å². The van der Waals surface area contributed by atoms with E-state index in [0.29, 0.717) is 19.4 Å². The van der Waals surface area contributed by atoms with E-state index in [1.165, 1.54) is 18.4 Å². The minimum atomic E-state index is -3.56. The molecule has 0 N–H and O–H groups in total. The molecule has 106 valence electrons. The second-order valence-electron chi connectivity index (χ2n) is 5.59. The largest absolute Gasteiger partial charge is 0.459 e. The highest BCUT2D eigenvalue weighted by Gasteiger charge is 2.41. The van der Waals surface area contributed by atoms with E-state index in [0.717, 1.165) is 4.31 Å². The summed E-state index contributed by atoms with van der Waals surface area (Å²) in [7, 11) is -0.644. The summed E-state index contributed by atoms with van der Waals surface area (Å²) in [5, 5.41) is 0. The molecule has 0 radical (unpaired) electrons. The van der Waals surface area contributed by atoms with Crippen LogP contribution in [0.25, 0.3) is 0 Å². The maximum atomic E-state index is 12.1. The van der Waals surface area contributed by atoms with Crippen molar-refractivity contribution >= 4 is 16.2 Å². The molecule has 0 unspecified atom stereocenters. The van der Waals surface area contributed by atoms with Crippen LogP contribution in [-0.2, 0) is 19.7 Å². The summed E-state index contributed by atoms with van der Waals surface area (Å²) in [5.74, 6) is -0.467. The number of hydrogen-bond acceptors (Lipinski definition) is 4. The average molecular weight is 278 g/mol. The van der Waals surface area contributed by atoms with Crippen LogP contribution < -0.4 is 0 Å². The van der Waals surface area contributed by atoms with Crippen LogP contribution in [0.4, 0.5) is 0 Å². The van der Waals surface area contributed by atoms with Crippen LogP contribution in [-0.4, -0.2) is 55.3 Å². The third-order valence-corrected chi connectivity index (χ3v) is 4.59. The van der Waals surface area contributed by atoms with Gasteiger partial charge in [0.2, 0.25) is 0 Å². The van der Waals surface area contributed by atoms with Crippen molar-refractivity contribution in [3.05, 3.63) is 0 Å². The molecule has 1 aliphatic heterocycles. The highest BCUT2D eigenvalue weighted by molar-refractivity contribution is 7.86. The van der Waals surface area contributed by atoms with Crippen LogP contribution in [0.2, 0.25) is 0 Å². The second kappa shape index (κ2) is 5.14. The van der Waals surface area contributed by atoms with Gasteiger partial charge in [-0.25, -0.2) is 0 Å². The second-order valence-corrected chi connectivity index (χ2v) is 7.69. The monoisotopic (exact) mass is 278 g/mol. The Morgan fingerprint density at radius 3 is 2.33 bits per heavy atom. The fourth-order valence-electron chi connectivity index (χ4n) is 1.83. The molecule has 0 spiro atoms. The predicted octanol–water partition coefficient (Wildman–Crippen LogP) is 0.599. The van der Waals surface area contributed by atoms with Crippen molar-refractivity contribution < 1.29 is 17.9 Å². The lowest BCUT2D eigenvalue weighted by molar-refractivity contribution is -0.158. The van der Waals surface area contributed by atoms with Crippen LogP contribution in [0.15, 0.2) is 0 Å². The van der Waals surface area contributed by atoms with E-state index in [-0.39, 0.29) is 0 Å². The SMILES string of the molecule is CN(C)S(=O)(=O)N1CCC[C@H]1C(=O)OC(C)(C)C. The molecule has 0 bridgehead atoms. The third kappa shape index (κ3) is 3.43. The Morgan fingerprint density at radius 1 is 1.33 bits per heavy atom. The first-order valence-electron chi connectivity index (χ1n) is 5.98. The van der Waals surface area contributed by atoms with E-state index in [9.17, 15) is 13.2 Å². The van der Waals surface area contributed by atoms with E-state index in [2.05, 4.69) is 0 Å². The van der Waals surface area contributed by atoms with E-state index in [4.69, 9.17) is 4.74 Å². The summed E-state index contributed by atoms with van der Waals surface area (Å²) in [6.45, 7) is 5.67. The van der Waals surface area contributed by atoms with Crippen molar-refractivity contribution in [2.75, 3.05) is 20.6 Å². The Kier molecular flexibility index (Phi) is 4.40. The third-order valence-electron chi connectivity index (χ3n) is 2.64. The Labute approximate surface area is 109 Å². The summed E-state index contributed by atoms with van der Waals surface area (Å²) < 4.78 is 31.7. The molecule has 6 nitrogen and oxygen atoms in total. The first kappa shape index (κ1) is 15.4. The molecule has 0 aromatic carbocycles. The smallest absolute Gasteiger partial charge is 0.325 e. The van der Waals surface area contributed by atoms with Crippen molar-refractivity contribution in [3.63, 3.8) is 0 Å². The van der Waals surface area contributed by atoms with Crippen LogP contribution in [0.1, 0.15) is 33.6 Å². The van der Waals surface area contributed by atoms with Crippen LogP contribution in [0, 0.1) is 0 Å².